The molecule has 9 heteroatoms. The van der Waals surface area contributed by atoms with Gasteiger partial charge in [-0.25, -0.2) is 4.79 Å². The number of rotatable bonds is 11. The predicted octanol–water partition coefficient (Wildman–Crippen LogP) is 0.633. The van der Waals surface area contributed by atoms with Gasteiger partial charge in [0, 0.05) is 0 Å². The van der Waals surface area contributed by atoms with E-state index in [4.69, 9.17) is 4.74 Å². The molecular formula is C21H25N3O6. The standard InChI is InChI=1S/C21H25N3O6/c25-18(12-23-21(29)30-14-16-9-5-2-6-10-16)22-13-19(26)24-17(20(27)28)11-15-7-3-1-4-8-15/h1-10,17,19,24,26H,11-14H2,(H,22,25)(H,23,29)(H,27,28)/t17-,19?/m0/s1. The van der Waals surface area contributed by atoms with E-state index >= 15 is 0 Å². The van der Waals surface area contributed by atoms with Gasteiger partial charge in [-0.2, -0.15) is 0 Å². The molecule has 30 heavy (non-hydrogen) atoms. The SMILES string of the molecule is O=C(CNC(=O)OCc1ccccc1)NCC(O)N[C@@H](Cc1ccccc1)C(=O)O. The maximum Gasteiger partial charge on any atom is 0.407 e. The van der Waals surface area contributed by atoms with Gasteiger partial charge in [0.1, 0.15) is 18.9 Å². The summed E-state index contributed by atoms with van der Waals surface area (Å²) in [5.41, 5.74) is 1.61. The maximum absolute atomic E-state index is 11.8. The quantitative estimate of drug-likeness (QED) is 0.340. The van der Waals surface area contributed by atoms with Crippen LogP contribution in [0.5, 0.6) is 0 Å². The van der Waals surface area contributed by atoms with E-state index in [0.29, 0.717) is 0 Å². The molecule has 0 radical (unpaired) electrons. The summed E-state index contributed by atoms with van der Waals surface area (Å²) in [5, 5.41) is 26.6. The van der Waals surface area contributed by atoms with Crippen molar-refractivity contribution in [2.24, 2.45) is 0 Å². The van der Waals surface area contributed by atoms with Gasteiger partial charge in [-0.05, 0) is 17.5 Å². The first-order chi connectivity index (χ1) is 14.4. The smallest absolute Gasteiger partial charge is 0.407 e. The number of benzene rings is 2. The minimum absolute atomic E-state index is 0.0783. The van der Waals surface area contributed by atoms with E-state index in [2.05, 4.69) is 16.0 Å². The molecule has 2 amide bonds. The van der Waals surface area contributed by atoms with Crippen molar-refractivity contribution < 1.29 is 29.3 Å². The number of alkyl carbamates (subject to hydrolysis) is 1. The Morgan fingerprint density at radius 2 is 1.50 bits per heavy atom. The molecule has 9 nitrogen and oxygen atoms in total. The number of hydrogen-bond donors (Lipinski definition) is 5. The first-order valence-electron chi connectivity index (χ1n) is 9.36. The monoisotopic (exact) mass is 415 g/mol. The van der Waals surface area contributed by atoms with Gasteiger partial charge >= 0.3 is 12.1 Å². The topological polar surface area (TPSA) is 137 Å². The molecule has 5 N–H and O–H groups in total. The fourth-order valence-electron chi connectivity index (χ4n) is 2.56. The molecule has 0 aliphatic heterocycles. The van der Waals surface area contributed by atoms with Gasteiger partial charge in [-0.15, -0.1) is 0 Å². The number of ether oxygens (including phenoxy) is 1. The zero-order chi connectivity index (χ0) is 21.8. The van der Waals surface area contributed by atoms with Crippen LogP contribution in [-0.4, -0.2) is 53.5 Å². The lowest BCUT2D eigenvalue weighted by Gasteiger charge is -2.20. The molecular weight excluding hydrogens is 390 g/mol. The van der Waals surface area contributed by atoms with Gasteiger partial charge in [-0.3, -0.25) is 14.9 Å². The molecule has 1 unspecified atom stereocenters. The number of carbonyl (C=O) groups excluding carboxylic acids is 2. The highest BCUT2D eigenvalue weighted by Gasteiger charge is 2.21. The molecule has 2 aromatic carbocycles. The van der Waals surface area contributed by atoms with E-state index in [-0.39, 0.29) is 26.1 Å². The van der Waals surface area contributed by atoms with Crippen LogP contribution in [0.2, 0.25) is 0 Å². The number of carboxylic acid groups (broad SMARTS) is 1. The fraction of sp³-hybridized carbons (Fsp3) is 0.286. The van der Waals surface area contributed by atoms with Gasteiger partial charge in [0.05, 0.1) is 13.1 Å². The molecule has 0 heterocycles. The van der Waals surface area contributed by atoms with E-state index in [1.54, 1.807) is 36.4 Å². The van der Waals surface area contributed by atoms with Gasteiger partial charge < -0.3 is 25.6 Å². The van der Waals surface area contributed by atoms with Crippen molar-refractivity contribution in [1.29, 1.82) is 0 Å². The fourth-order valence-corrected chi connectivity index (χ4v) is 2.56. The second-order valence-corrected chi connectivity index (χ2v) is 6.48. The number of carboxylic acids is 1. The Kier molecular flexibility index (Phi) is 9.29. The summed E-state index contributed by atoms with van der Waals surface area (Å²) in [7, 11) is 0. The van der Waals surface area contributed by atoms with Crippen LogP contribution in [0.1, 0.15) is 11.1 Å². The molecule has 0 fully saturated rings. The lowest BCUT2D eigenvalue weighted by Crippen LogP contribution is -2.50. The molecule has 0 spiro atoms. The van der Waals surface area contributed by atoms with Crippen molar-refractivity contribution in [3.63, 3.8) is 0 Å². The molecule has 2 rings (SSSR count). The summed E-state index contributed by atoms with van der Waals surface area (Å²) < 4.78 is 4.98. The summed E-state index contributed by atoms with van der Waals surface area (Å²) >= 11 is 0. The van der Waals surface area contributed by atoms with Crippen LogP contribution in [0, 0.1) is 0 Å². The Morgan fingerprint density at radius 1 is 0.900 bits per heavy atom. The molecule has 2 atom stereocenters. The van der Waals surface area contributed by atoms with Crippen molar-refractivity contribution in [3.05, 3.63) is 71.8 Å². The van der Waals surface area contributed by atoms with Crippen LogP contribution in [0.25, 0.3) is 0 Å². The van der Waals surface area contributed by atoms with Crippen LogP contribution < -0.4 is 16.0 Å². The van der Waals surface area contributed by atoms with Crippen LogP contribution in [0.15, 0.2) is 60.7 Å². The Morgan fingerprint density at radius 3 is 2.10 bits per heavy atom. The average Bonchev–Trinajstić information content (AvgIpc) is 2.75. The lowest BCUT2D eigenvalue weighted by atomic mass is 10.1. The van der Waals surface area contributed by atoms with E-state index in [9.17, 15) is 24.6 Å². The third kappa shape index (κ3) is 8.72. The molecule has 160 valence electrons. The highest BCUT2D eigenvalue weighted by molar-refractivity contribution is 5.82. The van der Waals surface area contributed by atoms with Crippen LogP contribution >= 0.6 is 0 Å². The lowest BCUT2D eigenvalue weighted by molar-refractivity contribution is -0.140. The second-order valence-electron chi connectivity index (χ2n) is 6.48. The number of aliphatic carboxylic acids is 1. The number of aliphatic hydroxyl groups excluding tert-OH is 1. The van der Waals surface area contributed by atoms with Crippen molar-refractivity contribution in [2.45, 2.75) is 25.3 Å². The minimum atomic E-state index is -1.27. The molecule has 0 saturated carbocycles. The van der Waals surface area contributed by atoms with Gasteiger partial charge in [0.2, 0.25) is 5.91 Å². The molecule has 0 aliphatic carbocycles. The van der Waals surface area contributed by atoms with Crippen molar-refractivity contribution >= 4 is 18.0 Å². The summed E-state index contributed by atoms with van der Waals surface area (Å²) in [5.74, 6) is -1.67. The molecule has 0 bridgehead atoms. The number of aliphatic hydroxyl groups is 1. The normalized spacial score (nSPS) is 12.4. The molecule has 0 aromatic heterocycles. The van der Waals surface area contributed by atoms with E-state index in [0.717, 1.165) is 11.1 Å². The average molecular weight is 415 g/mol. The van der Waals surface area contributed by atoms with Crippen LogP contribution in [-0.2, 0) is 27.4 Å². The highest BCUT2D eigenvalue weighted by Crippen LogP contribution is 2.04. The van der Waals surface area contributed by atoms with Crippen LogP contribution in [0.3, 0.4) is 0 Å². The third-order valence-corrected chi connectivity index (χ3v) is 4.07. The van der Waals surface area contributed by atoms with Gasteiger partial charge in [0.25, 0.3) is 0 Å². The third-order valence-electron chi connectivity index (χ3n) is 4.07. The highest BCUT2D eigenvalue weighted by atomic mass is 16.5. The van der Waals surface area contributed by atoms with Crippen molar-refractivity contribution in [3.8, 4) is 0 Å². The van der Waals surface area contributed by atoms with E-state index < -0.39 is 30.2 Å². The second kappa shape index (κ2) is 12.2. The van der Waals surface area contributed by atoms with E-state index in [1.807, 2.05) is 24.3 Å². The zero-order valence-electron chi connectivity index (χ0n) is 16.3. The Hall–Kier alpha value is -3.43. The van der Waals surface area contributed by atoms with Crippen molar-refractivity contribution in [2.75, 3.05) is 13.1 Å². The Bertz CT molecular complexity index is 816. The zero-order valence-corrected chi connectivity index (χ0v) is 16.3. The number of hydrogen-bond acceptors (Lipinski definition) is 6. The Balaban J connectivity index is 1.66. The largest absolute Gasteiger partial charge is 0.480 e. The number of amides is 2. The Labute approximate surface area is 174 Å². The first kappa shape index (κ1) is 22.9. The minimum Gasteiger partial charge on any atom is -0.480 e. The van der Waals surface area contributed by atoms with Gasteiger partial charge in [-0.1, -0.05) is 60.7 Å². The predicted molar refractivity (Wildman–Crippen MR) is 108 cm³/mol. The summed E-state index contributed by atoms with van der Waals surface area (Å²) in [4.78, 5) is 34.8. The summed E-state index contributed by atoms with van der Waals surface area (Å²) in [6, 6.07) is 17.0. The number of carbonyl (C=O) groups is 3. The molecule has 0 aliphatic rings. The van der Waals surface area contributed by atoms with Crippen LogP contribution in [0.4, 0.5) is 4.79 Å². The summed E-state index contributed by atoms with van der Waals surface area (Å²) in [6.07, 6.45) is -1.85. The number of nitrogens with one attached hydrogen (secondary N) is 3. The maximum atomic E-state index is 11.8. The van der Waals surface area contributed by atoms with Crippen molar-refractivity contribution in [1.82, 2.24) is 16.0 Å². The molecule has 0 saturated heterocycles. The summed E-state index contributed by atoms with van der Waals surface area (Å²) in [6.45, 7) is -0.486. The molecule has 2 aromatic rings. The van der Waals surface area contributed by atoms with E-state index in [1.165, 1.54) is 0 Å². The first-order valence-corrected chi connectivity index (χ1v) is 9.36. The van der Waals surface area contributed by atoms with Gasteiger partial charge in [0.15, 0.2) is 0 Å².